The minimum Gasteiger partial charge on any atom is -0.490 e. The molecule has 0 amide bonds. The Morgan fingerprint density at radius 1 is 1.47 bits per heavy atom. The monoisotopic (exact) mass is 207 g/mol. The van der Waals surface area contributed by atoms with Gasteiger partial charge in [-0.1, -0.05) is 0 Å². The highest BCUT2D eigenvalue weighted by atomic mass is 16.6. The van der Waals surface area contributed by atoms with Crippen LogP contribution in [0.1, 0.15) is 5.56 Å². The number of furan rings is 1. The summed E-state index contributed by atoms with van der Waals surface area (Å²) in [6, 6.07) is 2.95. The van der Waals surface area contributed by atoms with Gasteiger partial charge in [-0.3, -0.25) is 10.1 Å². The van der Waals surface area contributed by atoms with E-state index in [2.05, 4.69) is 0 Å². The molecule has 2 aromatic rings. The second-order valence-electron chi connectivity index (χ2n) is 3.17. The first kappa shape index (κ1) is 9.51. The number of hydrogen-bond donors (Lipinski definition) is 0. The Kier molecular flexibility index (Phi) is 2.07. The molecule has 1 aromatic heterocycles. The standard InChI is InChI=1S/C10H9NO4/c1-6-5-15-8-4-3-7(11(12)13)10(14-2)9(6)8/h3-5H,1-2H3. The summed E-state index contributed by atoms with van der Waals surface area (Å²) in [5.41, 5.74) is 1.37. The van der Waals surface area contributed by atoms with Gasteiger partial charge in [0.1, 0.15) is 5.58 Å². The van der Waals surface area contributed by atoms with E-state index in [1.54, 1.807) is 12.3 Å². The number of methoxy groups -OCH3 is 1. The highest BCUT2D eigenvalue weighted by Gasteiger charge is 2.20. The Labute approximate surface area is 85.4 Å². The molecule has 5 nitrogen and oxygen atoms in total. The van der Waals surface area contributed by atoms with E-state index < -0.39 is 4.92 Å². The van der Waals surface area contributed by atoms with Crippen LogP contribution < -0.4 is 4.74 Å². The van der Waals surface area contributed by atoms with Crippen molar-refractivity contribution in [2.24, 2.45) is 0 Å². The van der Waals surface area contributed by atoms with Gasteiger partial charge >= 0.3 is 5.69 Å². The van der Waals surface area contributed by atoms with E-state index in [1.165, 1.54) is 13.2 Å². The lowest BCUT2D eigenvalue weighted by molar-refractivity contribution is -0.385. The van der Waals surface area contributed by atoms with Crippen molar-refractivity contribution in [2.75, 3.05) is 7.11 Å². The summed E-state index contributed by atoms with van der Waals surface area (Å²) in [6.45, 7) is 1.82. The first-order chi connectivity index (χ1) is 7.15. The van der Waals surface area contributed by atoms with Crippen LogP contribution in [-0.2, 0) is 0 Å². The lowest BCUT2D eigenvalue weighted by Crippen LogP contribution is -1.94. The molecule has 0 unspecified atom stereocenters. The summed E-state index contributed by atoms with van der Waals surface area (Å²) in [5, 5.41) is 11.4. The molecule has 0 radical (unpaired) electrons. The van der Waals surface area contributed by atoms with E-state index in [1.807, 2.05) is 6.92 Å². The molecule has 1 heterocycles. The molecule has 15 heavy (non-hydrogen) atoms. The minimum absolute atomic E-state index is 0.0468. The lowest BCUT2D eigenvalue weighted by Gasteiger charge is -2.02. The van der Waals surface area contributed by atoms with Crippen LogP contribution in [0.15, 0.2) is 22.8 Å². The maximum Gasteiger partial charge on any atom is 0.311 e. The molecule has 78 valence electrons. The molecule has 0 saturated carbocycles. The van der Waals surface area contributed by atoms with Crippen molar-refractivity contribution < 1.29 is 14.1 Å². The van der Waals surface area contributed by atoms with Gasteiger partial charge < -0.3 is 9.15 Å². The van der Waals surface area contributed by atoms with Crippen molar-refractivity contribution in [3.63, 3.8) is 0 Å². The molecule has 0 spiro atoms. The zero-order valence-electron chi connectivity index (χ0n) is 8.31. The number of rotatable bonds is 2. The van der Waals surface area contributed by atoms with Gasteiger partial charge in [0.05, 0.1) is 23.7 Å². The molecule has 0 saturated heterocycles. The van der Waals surface area contributed by atoms with Crippen molar-refractivity contribution in [3.05, 3.63) is 34.1 Å². The minimum atomic E-state index is -0.468. The summed E-state index contributed by atoms with van der Waals surface area (Å²) in [4.78, 5) is 10.3. The lowest BCUT2D eigenvalue weighted by atomic mass is 10.1. The smallest absolute Gasteiger partial charge is 0.311 e. The number of hydrogen-bond acceptors (Lipinski definition) is 4. The van der Waals surface area contributed by atoms with Gasteiger partial charge in [0.25, 0.3) is 0 Å². The fourth-order valence-corrected chi connectivity index (χ4v) is 1.59. The van der Waals surface area contributed by atoms with Crippen LogP contribution in [0.25, 0.3) is 11.0 Å². The number of benzene rings is 1. The van der Waals surface area contributed by atoms with E-state index in [-0.39, 0.29) is 11.4 Å². The average molecular weight is 207 g/mol. The Morgan fingerprint density at radius 2 is 2.20 bits per heavy atom. The topological polar surface area (TPSA) is 65.5 Å². The summed E-state index contributed by atoms with van der Waals surface area (Å²) in [6.07, 6.45) is 1.55. The van der Waals surface area contributed by atoms with E-state index in [0.717, 1.165) is 5.56 Å². The Morgan fingerprint density at radius 3 is 2.80 bits per heavy atom. The fourth-order valence-electron chi connectivity index (χ4n) is 1.59. The molecule has 0 aliphatic heterocycles. The molecule has 0 aliphatic rings. The summed E-state index contributed by atoms with van der Waals surface area (Å²) < 4.78 is 10.3. The van der Waals surface area contributed by atoms with Crippen LogP contribution in [0, 0.1) is 17.0 Å². The highest BCUT2D eigenvalue weighted by Crippen LogP contribution is 2.37. The molecule has 0 atom stereocenters. The number of nitro benzene ring substituents is 1. The second kappa shape index (κ2) is 3.27. The largest absolute Gasteiger partial charge is 0.490 e. The summed E-state index contributed by atoms with van der Waals surface area (Å²) in [7, 11) is 1.41. The van der Waals surface area contributed by atoms with Gasteiger partial charge in [0.15, 0.2) is 0 Å². The van der Waals surface area contributed by atoms with Crippen molar-refractivity contribution in [1.29, 1.82) is 0 Å². The molecule has 0 N–H and O–H groups in total. The Hall–Kier alpha value is -2.04. The van der Waals surface area contributed by atoms with Crippen LogP contribution in [0.5, 0.6) is 5.75 Å². The number of nitro groups is 1. The summed E-state index contributed by atoms with van der Waals surface area (Å²) in [5.74, 6) is 0.253. The van der Waals surface area contributed by atoms with Gasteiger partial charge in [-0.25, -0.2) is 0 Å². The zero-order chi connectivity index (χ0) is 11.0. The molecular weight excluding hydrogens is 198 g/mol. The van der Waals surface area contributed by atoms with Crippen LogP contribution >= 0.6 is 0 Å². The third-order valence-electron chi connectivity index (χ3n) is 2.26. The van der Waals surface area contributed by atoms with E-state index in [9.17, 15) is 10.1 Å². The maximum atomic E-state index is 10.8. The zero-order valence-corrected chi connectivity index (χ0v) is 8.31. The van der Waals surface area contributed by atoms with Crippen molar-refractivity contribution in [2.45, 2.75) is 6.92 Å². The van der Waals surface area contributed by atoms with Crippen molar-refractivity contribution in [3.8, 4) is 5.75 Å². The summed E-state index contributed by atoms with van der Waals surface area (Å²) >= 11 is 0. The third-order valence-corrected chi connectivity index (χ3v) is 2.26. The van der Waals surface area contributed by atoms with Crippen LogP contribution in [0.2, 0.25) is 0 Å². The predicted molar refractivity (Wildman–Crippen MR) is 54.2 cm³/mol. The molecule has 5 heteroatoms. The molecular formula is C10H9NO4. The highest BCUT2D eigenvalue weighted by molar-refractivity contribution is 5.91. The third kappa shape index (κ3) is 1.32. The fraction of sp³-hybridized carbons (Fsp3) is 0.200. The Balaban J connectivity index is 2.85. The van der Waals surface area contributed by atoms with Crippen LogP contribution in [0.3, 0.4) is 0 Å². The maximum absolute atomic E-state index is 10.8. The average Bonchev–Trinajstić information content (AvgIpc) is 2.59. The van der Waals surface area contributed by atoms with E-state index >= 15 is 0 Å². The first-order valence-corrected chi connectivity index (χ1v) is 4.34. The molecule has 1 aromatic carbocycles. The van der Waals surface area contributed by atoms with E-state index in [4.69, 9.17) is 9.15 Å². The molecule has 0 bridgehead atoms. The molecule has 0 fully saturated rings. The van der Waals surface area contributed by atoms with Crippen molar-refractivity contribution >= 4 is 16.7 Å². The Bertz CT molecular complexity index is 529. The van der Waals surface area contributed by atoms with Crippen molar-refractivity contribution in [1.82, 2.24) is 0 Å². The molecule has 0 aliphatic carbocycles. The van der Waals surface area contributed by atoms with Crippen LogP contribution in [-0.4, -0.2) is 12.0 Å². The van der Waals surface area contributed by atoms with Gasteiger partial charge in [-0.2, -0.15) is 0 Å². The predicted octanol–water partition coefficient (Wildman–Crippen LogP) is 2.66. The first-order valence-electron chi connectivity index (χ1n) is 4.34. The normalized spacial score (nSPS) is 10.5. The van der Waals surface area contributed by atoms with Gasteiger partial charge in [0, 0.05) is 6.07 Å². The second-order valence-corrected chi connectivity index (χ2v) is 3.17. The van der Waals surface area contributed by atoms with E-state index in [0.29, 0.717) is 11.0 Å². The van der Waals surface area contributed by atoms with Gasteiger partial charge in [0.2, 0.25) is 5.75 Å². The number of nitrogens with zero attached hydrogens (tertiary/aromatic N) is 1. The number of fused-ring (bicyclic) bond motifs is 1. The quantitative estimate of drug-likeness (QED) is 0.560. The number of ether oxygens (including phenoxy) is 1. The number of aryl methyl sites for hydroxylation is 1. The molecule has 2 rings (SSSR count). The van der Waals surface area contributed by atoms with Crippen LogP contribution in [0.4, 0.5) is 5.69 Å². The van der Waals surface area contributed by atoms with Gasteiger partial charge in [-0.15, -0.1) is 0 Å². The van der Waals surface area contributed by atoms with Gasteiger partial charge in [-0.05, 0) is 18.6 Å². The SMILES string of the molecule is COc1c([N+](=O)[O-])ccc2occ(C)c12.